The standard InChI is InChI=1S/C11H18N6O/c1-9-7-10(2)17(15-9)8-11(18)13-5-3-4-6-14-16-12/h7H,3-6,8H2,1-2H3,(H,13,18). The highest BCUT2D eigenvalue weighted by Gasteiger charge is 2.05. The molecule has 1 rings (SSSR count). The first-order chi connectivity index (χ1) is 8.63. The van der Waals surface area contributed by atoms with Crippen LogP contribution in [0.3, 0.4) is 0 Å². The van der Waals surface area contributed by atoms with E-state index >= 15 is 0 Å². The molecule has 0 radical (unpaired) electrons. The highest BCUT2D eigenvalue weighted by atomic mass is 16.2. The van der Waals surface area contributed by atoms with E-state index < -0.39 is 0 Å². The summed E-state index contributed by atoms with van der Waals surface area (Å²) in [4.78, 5) is 14.3. The molecule has 1 amide bonds. The molecule has 0 atom stereocenters. The first-order valence-electron chi connectivity index (χ1n) is 5.92. The fourth-order valence-electron chi connectivity index (χ4n) is 1.61. The summed E-state index contributed by atoms with van der Waals surface area (Å²) in [7, 11) is 0. The third-order valence-corrected chi connectivity index (χ3v) is 2.47. The van der Waals surface area contributed by atoms with E-state index in [4.69, 9.17) is 5.53 Å². The van der Waals surface area contributed by atoms with Gasteiger partial charge in [0.25, 0.3) is 0 Å². The summed E-state index contributed by atoms with van der Waals surface area (Å²) < 4.78 is 1.69. The molecule has 0 aliphatic carbocycles. The summed E-state index contributed by atoms with van der Waals surface area (Å²) in [5.41, 5.74) is 9.97. The van der Waals surface area contributed by atoms with Gasteiger partial charge < -0.3 is 5.32 Å². The highest BCUT2D eigenvalue weighted by Crippen LogP contribution is 2.01. The van der Waals surface area contributed by atoms with Crippen molar-refractivity contribution < 1.29 is 4.79 Å². The van der Waals surface area contributed by atoms with E-state index in [1.54, 1.807) is 4.68 Å². The topological polar surface area (TPSA) is 95.7 Å². The molecule has 1 heterocycles. The number of carbonyl (C=O) groups excluding carboxylic acids is 1. The van der Waals surface area contributed by atoms with Crippen LogP contribution in [0.5, 0.6) is 0 Å². The zero-order chi connectivity index (χ0) is 13.4. The molecule has 7 nitrogen and oxygen atoms in total. The predicted molar refractivity (Wildman–Crippen MR) is 68.0 cm³/mol. The van der Waals surface area contributed by atoms with Crippen molar-refractivity contribution in [3.63, 3.8) is 0 Å². The number of hydrogen-bond donors (Lipinski definition) is 1. The summed E-state index contributed by atoms with van der Waals surface area (Å²) in [6.07, 6.45) is 1.59. The molecule has 18 heavy (non-hydrogen) atoms. The molecule has 0 unspecified atom stereocenters. The lowest BCUT2D eigenvalue weighted by molar-refractivity contribution is -0.121. The molecule has 0 bridgehead atoms. The van der Waals surface area contributed by atoms with Crippen LogP contribution in [-0.2, 0) is 11.3 Å². The molecule has 0 saturated carbocycles. The Balaban J connectivity index is 2.21. The van der Waals surface area contributed by atoms with E-state index in [0.29, 0.717) is 13.1 Å². The fraction of sp³-hybridized carbons (Fsp3) is 0.636. The van der Waals surface area contributed by atoms with Crippen molar-refractivity contribution in [2.75, 3.05) is 13.1 Å². The molecule has 7 heteroatoms. The molecule has 0 saturated heterocycles. The van der Waals surface area contributed by atoms with Crippen molar-refractivity contribution in [3.8, 4) is 0 Å². The lowest BCUT2D eigenvalue weighted by Crippen LogP contribution is -2.29. The first-order valence-corrected chi connectivity index (χ1v) is 5.92. The molecule has 1 N–H and O–H groups in total. The summed E-state index contributed by atoms with van der Waals surface area (Å²) in [5, 5.41) is 10.5. The first kappa shape index (κ1) is 14.1. The van der Waals surface area contributed by atoms with Gasteiger partial charge in [0.2, 0.25) is 5.91 Å². The molecular formula is C11H18N6O. The molecule has 0 fully saturated rings. The smallest absolute Gasteiger partial charge is 0.241 e. The maximum Gasteiger partial charge on any atom is 0.241 e. The third-order valence-electron chi connectivity index (χ3n) is 2.47. The Hall–Kier alpha value is -2.01. The Bertz CT molecular complexity index is 446. The van der Waals surface area contributed by atoms with E-state index in [1.165, 1.54) is 0 Å². The molecule has 1 aromatic heterocycles. The van der Waals surface area contributed by atoms with Crippen LogP contribution >= 0.6 is 0 Å². The summed E-state index contributed by atoms with van der Waals surface area (Å²) >= 11 is 0. The number of carbonyl (C=O) groups is 1. The van der Waals surface area contributed by atoms with Crippen LogP contribution in [0.15, 0.2) is 11.2 Å². The minimum atomic E-state index is -0.0509. The van der Waals surface area contributed by atoms with Crippen molar-refractivity contribution in [2.24, 2.45) is 5.11 Å². The molecular weight excluding hydrogens is 232 g/mol. The molecule has 0 aliphatic heterocycles. The van der Waals surface area contributed by atoms with Crippen LogP contribution in [-0.4, -0.2) is 28.8 Å². The Morgan fingerprint density at radius 1 is 1.56 bits per heavy atom. The van der Waals surface area contributed by atoms with Gasteiger partial charge in [0, 0.05) is 23.7 Å². The Labute approximate surface area is 106 Å². The van der Waals surface area contributed by atoms with E-state index in [-0.39, 0.29) is 12.5 Å². The zero-order valence-electron chi connectivity index (χ0n) is 10.8. The quantitative estimate of drug-likeness (QED) is 0.345. The number of azide groups is 1. The number of nitrogens with one attached hydrogen (secondary N) is 1. The number of rotatable bonds is 7. The Morgan fingerprint density at radius 3 is 2.94 bits per heavy atom. The average Bonchev–Trinajstić information content (AvgIpc) is 2.62. The van der Waals surface area contributed by atoms with Crippen LogP contribution < -0.4 is 5.32 Å². The average molecular weight is 250 g/mol. The third kappa shape index (κ3) is 4.88. The number of unbranched alkanes of at least 4 members (excludes halogenated alkanes) is 1. The maximum absolute atomic E-state index is 11.6. The monoisotopic (exact) mass is 250 g/mol. The summed E-state index contributed by atoms with van der Waals surface area (Å²) in [5.74, 6) is -0.0509. The molecule has 98 valence electrons. The van der Waals surface area contributed by atoms with Gasteiger partial charge in [-0.1, -0.05) is 5.11 Å². The van der Waals surface area contributed by atoms with Crippen molar-refractivity contribution in [1.82, 2.24) is 15.1 Å². The van der Waals surface area contributed by atoms with Crippen LogP contribution in [0.25, 0.3) is 10.4 Å². The molecule has 0 spiro atoms. The maximum atomic E-state index is 11.6. The van der Waals surface area contributed by atoms with Gasteiger partial charge in [-0.25, -0.2) is 0 Å². The second kappa shape index (κ2) is 7.34. The molecule has 0 aliphatic rings. The number of hydrogen-bond acceptors (Lipinski definition) is 3. The number of amides is 1. The fourth-order valence-corrected chi connectivity index (χ4v) is 1.61. The van der Waals surface area contributed by atoms with Crippen molar-refractivity contribution in [3.05, 3.63) is 27.9 Å². The lowest BCUT2D eigenvalue weighted by atomic mass is 10.3. The van der Waals surface area contributed by atoms with Crippen molar-refractivity contribution in [2.45, 2.75) is 33.2 Å². The van der Waals surface area contributed by atoms with Crippen LogP contribution in [0, 0.1) is 13.8 Å². The van der Waals surface area contributed by atoms with E-state index in [0.717, 1.165) is 24.2 Å². The van der Waals surface area contributed by atoms with Gasteiger partial charge in [-0.05, 0) is 38.3 Å². The largest absolute Gasteiger partial charge is 0.354 e. The second-order valence-corrected chi connectivity index (χ2v) is 4.10. The van der Waals surface area contributed by atoms with E-state index in [9.17, 15) is 4.79 Å². The van der Waals surface area contributed by atoms with Crippen LogP contribution in [0.2, 0.25) is 0 Å². The summed E-state index contributed by atoms with van der Waals surface area (Å²) in [6, 6.07) is 1.94. The number of aryl methyl sites for hydroxylation is 2. The highest BCUT2D eigenvalue weighted by molar-refractivity contribution is 5.75. The van der Waals surface area contributed by atoms with E-state index in [1.807, 2.05) is 19.9 Å². The van der Waals surface area contributed by atoms with Gasteiger partial charge in [0.05, 0.1) is 5.69 Å². The Morgan fingerprint density at radius 2 is 2.33 bits per heavy atom. The number of aromatic nitrogens is 2. The SMILES string of the molecule is Cc1cc(C)n(CC(=O)NCCCCN=[N+]=[N-])n1. The van der Waals surface area contributed by atoms with Crippen LogP contribution in [0.4, 0.5) is 0 Å². The molecule has 1 aromatic rings. The van der Waals surface area contributed by atoms with Crippen molar-refractivity contribution >= 4 is 5.91 Å². The van der Waals surface area contributed by atoms with E-state index in [2.05, 4.69) is 20.4 Å². The molecule has 0 aromatic carbocycles. The predicted octanol–water partition coefficient (Wildman–Crippen LogP) is 1.71. The zero-order valence-corrected chi connectivity index (χ0v) is 10.8. The van der Waals surface area contributed by atoms with Gasteiger partial charge in [0.15, 0.2) is 0 Å². The normalized spacial score (nSPS) is 9.89. The lowest BCUT2D eigenvalue weighted by Gasteiger charge is -2.06. The van der Waals surface area contributed by atoms with Crippen molar-refractivity contribution in [1.29, 1.82) is 0 Å². The Kier molecular flexibility index (Phi) is 5.73. The van der Waals surface area contributed by atoms with Gasteiger partial charge >= 0.3 is 0 Å². The second-order valence-electron chi connectivity index (χ2n) is 4.10. The van der Waals surface area contributed by atoms with Crippen LogP contribution in [0.1, 0.15) is 24.2 Å². The van der Waals surface area contributed by atoms with Gasteiger partial charge in [-0.2, -0.15) is 5.10 Å². The van der Waals surface area contributed by atoms with Gasteiger partial charge in [-0.15, -0.1) is 0 Å². The van der Waals surface area contributed by atoms with Gasteiger partial charge in [0.1, 0.15) is 6.54 Å². The minimum absolute atomic E-state index is 0.0509. The van der Waals surface area contributed by atoms with Gasteiger partial charge in [-0.3, -0.25) is 9.48 Å². The number of nitrogens with zero attached hydrogens (tertiary/aromatic N) is 5. The summed E-state index contributed by atoms with van der Waals surface area (Å²) in [6.45, 7) is 5.14. The minimum Gasteiger partial charge on any atom is -0.354 e.